The van der Waals surface area contributed by atoms with Crippen LogP contribution < -0.4 is 10.1 Å². The summed E-state index contributed by atoms with van der Waals surface area (Å²) in [6.07, 6.45) is 0. The molecule has 0 saturated heterocycles. The number of nitrogens with one attached hydrogen (secondary N) is 1. The fourth-order valence-corrected chi connectivity index (χ4v) is 1.80. The number of hydrogen-bond donors (Lipinski definition) is 1. The third-order valence-electron chi connectivity index (χ3n) is 2.69. The lowest BCUT2D eigenvalue weighted by atomic mass is 10.0. The van der Waals surface area contributed by atoms with E-state index in [9.17, 15) is 9.59 Å². The lowest BCUT2D eigenvalue weighted by Gasteiger charge is -2.12. The molecule has 0 aliphatic rings. The second-order valence-electron chi connectivity index (χ2n) is 4.82. The van der Waals surface area contributed by atoms with E-state index in [4.69, 9.17) is 4.74 Å². The van der Waals surface area contributed by atoms with Crippen molar-refractivity contribution in [2.24, 2.45) is 0 Å². The Balaban J connectivity index is 3.04. The molecule has 0 radical (unpaired) electrons. The fourth-order valence-electron chi connectivity index (χ4n) is 1.80. The summed E-state index contributed by atoms with van der Waals surface area (Å²) < 4.78 is 5.47. The summed E-state index contributed by atoms with van der Waals surface area (Å²) in [5, 5.41) is 2.61. The van der Waals surface area contributed by atoms with Crippen molar-refractivity contribution in [3.05, 3.63) is 28.8 Å². The Morgan fingerprint density at radius 1 is 1.21 bits per heavy atom. The fraction of sp³-hybridized carbons (Fsp3) is 0.467. The standard InChI is InChI=1S/C15H21NO3/c1-6-19-13-8-10(4)12(7-11(13)5)14(17)15(18)16-9(2)3/h7-9H,6H2,1-5H3,(H,16,18). The van der Waals surface area contributed by atoms with Crippen molar-refractivity contribution < 1.29 is 14.3 Å². The second kappa shape index (κ2) is 6.36. The van der Waals surface area contributed by atoms with Crippen molar-refractivity contribution in [3.63, 3.8) is 0 Å². The molecule has 4 heteroatoms. The average Bonchev–Trinajstić information content (AvgIpc) is 2.32. The molecule has 0 saturated carbocycles. The van der Waals surface area contributed by atoms with Gasteiger partial charge in [0.2, 0.25) is 5.78 Å². The van der Waals surface area contributed by atoms with Gasteiger partial charge in [-0.1, -0.05) is 0 Å². The molecule has 1 rings (SSSR count). The largest absolute Gasteiger partial charge is 0.494 e. The monoisotopic (exact) mass is 263 g/mol. The van der Waals surface area contributed by atoms with E-state index in [1.807, 2.05) is 27.7 Å². The van der Waals surface area contributed by atoms with Gasteiger partial charge in [-0.25, -0.2) is 0 Å². The molecule has 0 atom stereocenters. The van der Waals surface area contributed by atoms with E-state index in [0.29, 0.717) is 12.2 Å². The van der Waals surface area contributed by atoms with E-state index in [2.05, 4.69) is 5.32 Å². The van der Waals surface area contributed by atoms with E-state index in [-0.39, 0.29) is 6.04 Å². The molecular weight excluding hydrogens is 242 g/mol. The quantitative estimate of drug-likeness (QED) is 0.655. The molecule has 1 N–H and O–H groups in total. The smallest absolute Gasteiger partial charge is 0.292 e. The van der Waals surface area contributed by atoms with Crippen LogP contribution in [0.1, 0.15) is 42.3 Å². The molecular formula is C15H21NO3. The molecule has 0 unspecified atom stereocenters. The number of ether oxygens (including phenoxy) is 1. The first-order chi connectivity index (χ1) is 8.86. The topological polar surface area (TPSA) is 55.4 Å². The number of benzene rings is 1. The van der Waals surface area contributed by atoms with E-state index >= 15 is 0 Å². The van der Waals surface area contributed by atoms with Gasteiger partial charge in [-0.05, 0) is 57.9 Å². The van der Waals surface area contributed by atoms with Gasteiger partial charge >= 0.3 is 0 Å². The third-order valence-corrected chi connectivity index (χ3v) is 2.69. The first-order valence-corrected chi connectivity index (χ1v) is 6.46. The van der Waals surface area contributed by atoms with Gasteiger partial charge in [0, 0.05) is 11.6 Å². The van der Waals surface area contributed by atoms with E-state index in [0.717, 1.165) is 16.9 Å². The summed E-state index contributed by atoms with van der Waals surface area (Å²) in [7, 11) is 0. The molecule has 0 aromatic heterocycles. The SMILES string of the molecule is CCOc1cc(C)c(C(=O)C(=O)NC(C)C)cc1C. The first-order valence-electron chi connectivity index (χ1n) is 6.46. The van der Waals surface area contributed by atoms with Gasteiger partial charge in [0.1, 0.15) is 5.75 Å². The van der Waals surface area contributed by atoms with Crippen LogP contribution in [0.15, 0.2) is 12.1 Å². The van der Waals surface area contributed by atoms with Crippen molar-refractivity contribution >= 4 is 11.7 Å². The Hall–Kier alpha value is -1.84. The van der Waals surface area contributed by atoms with Gasteiger partial charge in [-0.15, -0.1) is 0 Å². The Kier molecular flexibility index (Phi) is 5.10. The number of amides is 1. The molecule has 104 valence electrons. The highest BCUT2D eigenvalue weighted by Crippen LogP contribution is 2.23. The predicted octanol–water partition coefficient (Wildman–Crippen LogP) is 2.41. The van der Waals surface area contributed by atoms with Crippen LogP contribution in [0.4, 0.5) is 0 Å². The Morgan fingerprint density at radius 2 is 1.84 bits per heavy atom. The van der Waals surface area contributed by atoms with Crippen molar-refractivity contribution in [1.82, 2.24) is 5.32 Å². The van der Waals surface area contributed by atoms with Gasteiger partial charge in [-0.3, -0.25) is 9.59 Å². The maximum Gasteiger partial charge on any atom is 0.292 e. The molecule has 1 aromatic carbocycles. The van der Waals surface area contributed by atoms with Crippen LogP contribution in [-0.2, 0) is 4.79 Å². The zero-order chi connectivity index (χ0) is 14.6. The molecule has 0 fully saturated rings. The summed E-state index contributed by atoms with van der Waals surface area (Å²) in [5.41, 5.74) is 2.03. The maximum atomic E-state index is 12.1. The third kappa shape index (κ3) is 3.81. The number of aryl methyl sites for hydroxylation is 2. The van der Waals surface area contributed by atoms with Crippen LogP contribution in [-0.4, -0.2) is 24.3 Å². The normalized spacial score (nSPS) is 10.4. The minimum absolute atomic E-state index is 0.0550. The van der Waals surface area contributed by atoms with E-state index in [1.54, 1.807) is 19.1 Å². The number of ketones is 1. The minimum Gasteiger partial charge on any atom is -0.494 e. The number of rotatable bonds is 5. The Bertz CT molecular complexity index is 492. The summed E-state index contributed by atoms with van der Waals surface area (Å²) in [4.78, 5) is 23.8. The summed E-state index contributed by atoms with van der Waals surface area (Å²) in [5.74, 6) is -0.320. The Labute approximate surface area is 114 Å². The number of hydrogen-bond acceptors (Lipinski definition) is 3. The van der Waals surface area contributed by atoms with E-state index < -0.39 is 11.7 Å². The van der Waals surface area contributed by atoms with Crippen molar-refractivity contribution in [3.8, 4) is 5.75 Å². The number of Topliss-reactive ketones (excluding diaryl/α,β-unsaturated/α-hetero) is 1. The van der Waals surface area contributed by atoms with E-state index in [1.165, 1.54) is 0 Å². The van der Waals surface area contributed by atoms with Crippen LogP contribution in [0, 0.1) is 13.8 Å². The van der Waals surface area contributed by atoms with Gasteiger partial charge in [0.25, 0.3) is 5.91 Å². The number of carbonyl (C=O) groups is 2. The van der Waals surface area contributed by atoms with Crippen LogP contribution in [0.3, 0.4) is 0 Å². The molecule has 0 heterocycles. The zero-order valence-corrected chi connectivity index (χ0v) is 12.2. The maximum absolute atomic E-state index is 12.1. The Morgan fingerprint density at radius 3 is 2.37 bits per heavy atom. The molecule has 0 bridgehead atoms. The molecule has 0 aliphatic heterocycles. The van der Waals surface area contributed by atoms with Crippen LogP contribution >= 0.6 is 0 Å². The number of carbonyl (C=O) groups excluding carboxylic acids is 2. The molecule has 19 heavy (non-hydrogen) atoms. The molecule has 1 amide bonds. The predicted molar refractivity (Wildman–Crippen MR) is 74.7 cm³/mol. The van der Waals surface area contributed by atoms with Crippen molar-refractivity contribution in [2.75, 3.05) is 6.61 Å². The zero-order valence-electron chi connectivity index (χ0n) is 12.2. The van der Waals surface area contributed by atoms with Gasteiger partial charge in [0.05, 0.1) is 6.61 Å². The van der Waals surface area contributed by atoms with Gasteiger partial charge < -0.3 is 10.1 Å². The van der Waals surface area contributed by atoms with Crippen LogP contribution in [0.25, 0.3) is 0 Å². The highest BCUT2D eigenvalue weighted by atomic mass is 16.5. The summed E-state index contributed by atoms with van der Waals surface area (Å²) >= 11 is 0. The van der Waals surface area contributed by atoms with Crippen LogP contribution in [0.2, 0.25) is 0 Å². The minimum atomic E-state index is -0.568. The van der Waals surface area contributed by atoms with Crippen LogP contribution in [0.5, 0.6) is 5.75 Å². The molecule has 0 aliphatic carbocycles. The lowest BCUT2D eigenvalue weighted by Crippen LogP contribution is -2.36. The molecule has 4 nitrogen and oxygen atoms in total. The first kappa shape index (κ1) is 15.2. The molecule has 1 aromatic rings. The van der Waals surface area contributed by atoms with Crippen molar-refractivity contribution in [2.45, 2.75) is 40.7 Å². The van der Waals surface area contributed by atoms with Crippen molar-refractivity contribution in [1.29, 1.82) is 0 Å². The van der Waals surface area contributed by atoms with Gasteiger partial charge in [0.15, 0.2) is 0 Å². The lowest BCUT2D eigenvalue weighted by molar-refractivity contribution is -0.117. The molecule has 0 spiro atoms. The summed E-state index contributed by atoms with van der Waals surface area (Å²) in [6.45, 7) is 9.79. The highest BCUT2D eigenvalue weighted by Gasteiger charge is 2.20. The summed E-state index contributed by atoms with van der Waals surface area (Å²) in [6, 6.07) is 3.46. The highest BCUT2D eigenvalue weighted by molar-refractivity contribution is 6.43. The second-order valence-corrected chi connectivity index (χ2v) is 4.82. The average molecular weight is 263 g/mol. The van der Waals surface area contributed by atoms with Gasteiger partial charge in [-0.2, -0.15) is 0 Å².